The summed E-state index contributed by atoms with van der Waals surface area (Å²) in [6.07, 6.45) is 0. The Morgan fingerprint density at radius 1 is 2.00 bits per heavy atom. The van der Waals surface area contributed by atoms with Crippen LogP contribution in [0.3, 0.4) is 0 Å². The summed E-state index contributed by atoms with van der Waals surface area (Å²) in [7, 11) is 0. The molecule has 0 heterocycles. The molecule has 2 N–H and O–H groups in total. The Bertz CT molecular complexity index is 42.9. The fourth-order valence-electron chi connectivity index (χ4n) is 0. The first-order chi connectivity index (χ1) is 2.27. The van der Waals surface area contributed by atoms with E-state index in [-0.39, 0.29) is 0 Å². The van der Waals surface area contributed by atoms with Crippen LogP contribution in [0.4, 0.5) is 0 Å². The van der Waals surface area contributed by atoms with Gasteiger partial charge in [-0.3, -0.25) is 0 Å². The van der Waals surface area contributed by atoms with Gasteiger partial charge in [-0.05, 0) is 0 Å². The first kappa shape index (κ1) is 4.98. The van der Waals surface area contributed by atoms with Crippen molar-refractivity contribution in [2.75, 3.05) is 0 Å². The fourth-order valence-corrected chi connectivity index (χ4v) is 0. The second-order valence-corrected chi connectivity index (χ2v) is 2.36. The van der Waals surface area contributed by atoms with E-state index in [4.69, 9.17) is 10.1 Å². The maximum absolute atomic E-state index is 9.13. The molecular weight excluding hydrogens is 125 g/mol. The molecule has 0 spiro atoms. The SMILES string of the molecule is [NH2][Zn][N+](=O)[O-]. The van der Waals surface area contributed by atoms with Gasteiger partial charge in [-0.15, -0.1) is 0 Å². The van der Waals surface area contributed by atoms with E-state index in [0.29, 0.717) is 0 Å². The zero-order valence-electron chi connectivity index (χ0n) is 2.55. The van der Waals surface area contributed by atoms with E-state index < -0.39 is 21.3 Å². The molecule has 26 valence electrons. The van der Waals surface area contributed by atoms with Gasteiger partial charge in [0.2, 0.25) is 0 Å². The van der Waals surface area contributed by atoms with Gasteiger partial charge in [0.25, 0.3) is 0 Å². The minimum absolute atomic E-state index is 0.410. The van der Waals surface area contributed by atoms with Crippen molar-refractivity contribution in [3.63, 3.8) is 0 Å². The van der Waals surface area contributed by atoms with Crippen molar-refractivity contribution in [3.05, 3.63) is 10.1 Å². The van der Waals surface area contributed by atoms with Crippen LogP contribution in [-0.4, -0.2) is 3.67 Å². The van der Waals surface area contributed by atoms with Crippen molar-refractivity contribution in [2.45, 2.75) is 0 Å². The Labute approximate surface area is 36.6 Å². The molecule has 0 atom stereocenters. The van der Waals surface area contributed by atoms with Crippen LogP contribution in [0.1, 0.15) is 0 Å². The molecule has 0 aromatic rings. The van der Waals surface area contributed by atoms with Crippen LogP contribution in [-0.2, 0) is 17.6 Å². The van der Waals surface area contributed by atoms with E-state index in [1.54, 1.807) is 0 Å². The molecule has 5 heavy (non-hydrogen) atoms. The summed E-state index contributed by atoms with van der Waals surface area (Å²) in [5.74, 6) is 0. The monoisotopic (exact) mass is 126 g/mol. The van der Waals surface area contributed by atoms with Gasteiger partial charge < -0.3 is 0 Å². The summed E-state index contributed by atoms with van der Waals surface area (Å²) in [4.78, 5) is 9.13. The van der Waals surface area contributed by atoms with E-state index in [1.807, 2.05) is 0 Å². The van der Waals surface area contributed by atoms with Gasteiger partial charge in [-0.25, -0.2) is 0 Å². The normalized spacial score (nSPS) is 5.80. The summed E-state index contributed by atoms with van der Waals surface area (Å²) in [5.41, 5.74) is 0. The first-order valence-electron chi connectivity index (χ1n) is 1.09. The van der Waals surface area contributed by atoms with E-state index in [0.717, 1.165) is 0 Å². The van der Waals surface area contributed by atoms with Crippen molar-refractivity contribution in [2.24, 2.45) is 4.48 Å². The van der Waals surface area contributed by atoms with Gasteiger partial charge in [0, 0.05) is 0 Å². The van der Waals surface area contributed by atoms with E-state index >= 15 is 0 Å². The van der Waals surface area contributed by atoms with Crippen molar-refractivity contribution in [1.82, 2.24) is 0 Å². The number of rotatable bonds is 1. The zero-order chi connectivity index (χ0) is 4.28. The molecule has 0 aliphatic carbocycles. The van der Waals surface area contributed by atoms with Crippen molar-refractivity contribution < 1.29 is 21.3 Å². The molecule has 0 aromatic heterocycles. The molecule has 0 aliphatic heterocycles. The van der Waals surface area contributed by atoms with Gasteiger partial charge >= 0.3 is 35.9 Å². The standard InChI is InChI=1S/NO2.H2N.Zn/c2-1-3;;/h;1H2;/q;-1;+1. The molecule has 0 radical (unpaired) electrons. The Kier molecular flexibility index (Phi) is 2.23. The second kappa shape index (κ2) is 2.23. The number of hydrogen-bond donors (Lipinski definition) is 1. The van der Waals surface area contributed by atoms with Crippen LogP contribution in [0.15, 0.2) is 0 Å². The van der Waals surface area contributed by atoms with Crippen LogP contribution >= 0.6 is 0 Å². The molecule has 0 bridgehead atoms. The molecular formula is H2N2O2Zn. The van der Waals surface area contributed by atoms with Gasteiger partial charge in [-0.1, -0.05) is 0 Å². The molecule has 0 saturated heterocycles. The third-order valence-corrected chi connectivity index (χ3v) is 0.775. The fraction of sp³-hybridized carbons (Fsp3) is 0. The van der Waals surface area contributed by atoms with E-state index in [1.165, 1.54) is 0 Å². The van der Waals surface area contributed by atoms with Crippen molar-refractivity contribution in [3.8, 4) is 0 Å². The van der Waals surface area contributed by atoms with Crippen LogP contribution in [0.5, 0.6) is 0 Å². The maximum atomic E-state index is 9.13. The van der Waals surface area contributed by atoms with Gasteiger partial charge in [0.1, 0.15) is 0 Å². The summed E-state index contributed by atoms with van der Waals surface area (Å²) in [6.45, 7) is 0. The Hall–Kier alpha value is -0.0166. The number of nitrogens with zero attached hydrogens (tertiary/aromatic N) is 1. The quantitative estimate of drug-likeness (QED) is 0.283. The molecule has 0 aliphatic rings. The van der Waals surface area contributed by atoms with E-state index in [9.17, 15) is 0 Å². The summed E-state index contributed by atoms with van der Waals surface area (Å²) in [5, 5.41) is 9.13. The average molecular weight is 127 g/mol. The Morgan fingerprint density at radius 3 is 2.20 bits per heavy atom. The molecule has 0 amide bonds. The van der Waals surface area contributed by atoms with Crippen molar-refractivity contribution in [1.29, 1.82) is 0 Å². The number of nitro groups is 1. The molecule has 5 heteroatoms. The number of hydrogen-bond acceptors (Lipinski definition) is 3. The minimum atomic E-state index is -1.76. The summed E-state index contributed by atoms with van der Waals surface area (Å²) in [6, 6.07) is 0. The van der Waals surface area contributed by atoms with Gasteiger partial charge in [-0.2, -0.15) is 0 Å². The summed E-state index contributed by atoms with van der Waals surface area (Å²) < 4.78 is 4.25. The Balaban J connectivity index is 2.85. The van der Waals surface area contributed by atoms with Gasteiger partial charge in [0.15, 0.2) is 0 Å². The van der Waals surface area contributed by atoms with Crippen LogP contribution < -0.4 is 4.48 Å². The second-order valence-electron chi connectivity index (χ2n) is 0.515. The molecule has 0 aromatic carbocycles. The first-order valence-corrected chi connectivity index (χ1v) is 4.13. The topological polar surface area (TPSA) is 69.2 Å². The third kappa shape index (κ3) is 3.98. The molecule has 0 unspecified atom stereocenters. The predicted octanol–water partition coefficient (Wildman–Crippen LogP) is -0.866. The van der Waals surface area contributed by atoms with Crippen LogP contribution in [0, 0.1) is 10.1 Å². The third-order valence-electron chi connectivity index (χ3n) is 0.149. The summed E-state index contributed by atoms with van der Waals surface area (Å²) >= 11 is -1.76. The average Bonchev–Trinajstić information content (AvgIpc) is 1.38. The molecule has 0 saturated carbocycles. The van der Waals surface area contributed by atoms with Crippen molar-refractivity contribution >= 4 is 0 Å². The zero-order valence-corrected chi connectivity index (χ0v) is 5.52. The molecule has 0 rings (SSSR count). The van der Waals surface area contributed by atoms with Crippen LogP contribution in [0.25, 0.3) is 0 Å². The Morgan fingerprint density at radius 2 is 2.20 bits per heavy atom. The molecule has 4 nitrogen and oxygen atoms in total. The van der Waals surface area contributed by atoms with Gasteiger partial charge in [0.05, 0.1) is 0 Å². The molecule has 0 fully saturated rings. The predicted molar refractivity (Wildman–Crippen MR) is 11.2 cm³/mol. The van der Waals surface area contributed by atoms with Crippen LogP contribution in [0.2, 0.25) is 0 Å². The number of nitrogens with two attached hydrogens (primary N) is 1. The van der Waals surface area contributed by atoms with E-state index in [2.05, 4.69) is 4.48 Å².